The lowest BCUT2D eigenvalue weighted by Gasteiger charge is -2.33. The number of benzene rings is 1. The van der Waals surface area contributed by atoms with Crippen LogP contribution in [0.25, 0.3) is 0 Å². The van der Waals surface area contributed by atoms with Crippen LogP contribution in [0.1, 0.15) is 23.4 Å². The molecule has 1 saturated heterocycles. The van der Waals surface area contributed by atoms with Crippen LogP contribution in [0.3, 0.4) is 0 Å². The summed E-state index contributed by atoms with van der Waals surface area (Å²) >= 11 is 0. The lowest BCUT2D eigenvalue weighted by atomic mass is 10.1. The van der Waals surface area contributed by atoms with Gasteiger partial charge >= 0.3 is 0 Å². The Kier molecular flexibility index (Phi) is 5.94. The average Bonchev–Trinajstić information content (AvgIpc) is 2.62. The quantitative estimate of drug-likeness (QED) is 0.806. The molecule has 6 heteroatoms. The summed E-state index contributed by atoms with van der Waals surface area (Å²) in [5.74, 6) is 0.0194. The Bertz CT molecular complexity index is 711. The Morgan fingerprint density at radius 3 is 3.04 bits per heavy atom. The number of aryl methyl sites for hydroxylation is 2. The molecule has 1 aromatic carbocycles. The van der Waals surface area contributed by atoms with Crippen LogP contribution in [0.5, 0.6) is 5.75 Å². The maximum Gasteiger partial charge on any atom is 0.169 e. The van der Waals surface area contributed by atoms with Crippen molar-refractivity contribution in [3.8, 4) is 5.75 Å². The van der Waals surface area contributed by atoms with Crippen molar-refractivity contribution in [2.75, 3.05) is 26.8 Å². The molecule has 0 saturated carbocycles. The molecule has 0 N–H and O–H groups in total. The van der Waals surface area contributed by atoms with Crippen LogP contribution in [-0.2, 0) is 17.7 Å². The molecule has 0 spiro atoms. The van der Waals surface area contributed by atoms with E-state index in [0.29, 0.717) is 24.5 Å². The summed E-state index contributed by atoms with van der Waals surface area (Å²) in [6, 6.07) is 7.29. The van der Waals surface area contributed by atoms with E-state index in [4.69, 9.17) is 9.47 Å². The van der Waals surface area contributed by atoms with Gasteiger partial charge in [0.15, 0.2) is 11.6 Å². The second kappa shape index (κ2) is 8.36. The predicted molar refractivity (Wildman–Crippen MR) is 93.1 cm³/mol. The highest BCUT2D eigenvalue weighted by molar-refractivity contribution is 5.31. The lowest BCUT2D eigenvalue weighted by Crippen LogP contribution is -2.42. The topological polar surface area (TPSA) is 47.5 Å². The zero-order valence-electron chi connectivity index (χ0n) is 14.7. The standard InChI is InChI=1S/C19H24FN3O2/c1-14-10-16(22-13-21-14)6-7-17-12-23(8-9-25-17)11-15-4-3-5-18(24-2)19(15)20/h3-5,10,13,17H,6-9,11-12H2,1-2H3/t17-/m1/s1. The minimum absolute atomic E-state index is 0.137. The molecule has 1 aliphatic heterocycles. The van der Waals surface area contributed by atoms with Gasteiger partial charge in [0.25, 0.3) is 0 Å². The molecule has 2 aromatic rings. The number of morpholine rings is 1. The maximum atomic E-state index is 14.3. The highest BCUT2D eigenvalue weighted by Crippen LogP contribution is 2.22. The zero-order valence-corrected chi connectivity index (χ0v) is 14.7. The molecule has 0 bridgehead atoms. The van der Waals surface area contributed by atoms with Crippen LogP contribution in [0.15, 0.2) is 30.6 Å². The van der Waals surface area contributed by atoms with Crippen LogP contribution in [-0.4, -0.2) is 47.8 Å². The Morgan fingerprint density at radius 2 is 2.24 bits per heavy atom. The van der Waals surface area contributed by atoms with E-state index in [2.05, 4.69) is 14.9 Å². The summed E-state index contributed by atoms with van der Waals surface area (Å²) < 4.78 is 25.3. The SMILES string of the molecule is COc1cccc(CN2CCO[C@H](CCc3cc(C)ncn3)C2)c1F. The van der Waals surface area contributed by atoms with E-state index >= 15 is 0 Å². The first-order valence-corrected chi connectivity index (χ1v) is 8.58. The second-order valence-electron chi connectivity index (χ2n) is 6.35. The van der Waals surface area contributed by atoms with E-state index in [1.165, 1.54) is 7.11 Å². The summed E-state index contributed by atoms with van der Waals surface area (Å²) in [7, 11) is 1.49. The molecule has 1 aliphatic rings. The van der Waals surface area contributed by atoms with Gasteiger partial charge in [-0.2, -0.15) is 0 Å². The van der Waals surface area contributed by atoms with Crippen molar-refractivity contribution in [2.24, 2.45) is 0 Å². The molecule has 0 aliphatic carbocycles. The molecule has 0 radical (unpaired) electrons. The molecule has 134 valence electrons. The highest BCUT2D eigenvalue weighted by Gasteiger charge is 2.22. The Balaban J connectivity index is 1.56. The molecular weight excluding hydrogens is 321 g/mol. The summed E-state index contributed by atoms with van der Waals surface area (Å²) in [6.45, 7) is 4.79. The van der Waals surface area contributed by atoms with E-state index < -0.39 is 0 Å². The number of aromatic nitrogens is 2. The molecule has 1 atom stereocenters. The summed E-state index contributed by atoms with van der Waals surface area (Å²) in [5, 5.41) is 0. The van der Waals surface area contributed by atoms with Crippen LogP contribution in [0.2, 0.25) is 0 Å². The van der Waals surface area contributed by atoms with Crippen molar-refractivity contribution < 1.29 is 13.9 Å². The van der Waals surface area contributed by atoms with E-state index in [0.717, 1.165) is 37.3 Å². The predicted octanol–water partition coefficient (Wildman–Crippen LogP) is 2.77. The number of halogens is 1. The van der Waals surface area contributed by atoms with Gasteiger partial charge in [0.2, 0.25) is 0 Å². The summed E-state index contributed by atoms with van der Waals surface area (Å²) in [6.07, 6.45) is 3.49. The number of methoxy groups -OCH3 is 1. The van der Waals surface area contributed by atoms with E-state index in [9.17, 15) is 4.39 Å². The molecule has 0 unspecified atom stereocenters. The number of nitrogens with zero attached hydrogens (tertiary/aromatic N) is 3. The van der Waals surface area contributed by atoms with Crippen molar-refractivity contribution in [3.05, 3.63) is 53.4 Å². The Labute approximate surface area is 147 Å². The largest absolute Gasteiger partial charge is 0.494 e. The monoisotopic (exact) mass is 345 g/mol. The van der Waals surface area contributed by atoms with Crippen LogP contribution >= 0.6 is 0 Å². The maximum absolute atomic E-state index is 14.3. The molecule has 2 heterocycles. The molecular formula is C19H24FN3O2. The smallest absolute Gasteiger partial charge is 0.169 e. The van der Waals surface area contributed by atoms with Crippen LogP contribution < -0.4 is 4.74 Å². The first kappa shape index (κ1) is 17.8. The number of hydrogen-bond acceptors (Lipinski definition) is 5. The van der Waals surface area contributed by atoms with Crippen molar-refractivity contribution in [2.45, 2.75) is 32.4 Å². The minimum atomic E-state index is -0.274. The van der Waals surface area contributed by atoms with Gasteiger partial charge in [0, 0.05) is 36.6 Å². The Hall–Kier alpha value is -2.05. The third-order valence-corrected chi connectivity index (χ3v) is 4.46. The van der Waals surface area contributed by atoms with Gasteiger partial charge in [-0.25, -0.2) is 14.4 Å². The van der Waals surface area contributed by atoms with Gasteiger partial charge in [-0.15, -0.1) is 0 Å². The normalized spacial score (nSPS) is 18.3. The number of ether oxygens (including phenoxy) is 2. The van der Waals surface area contributed by atoms with Gasteiger partial charge in [0.05, 0.1) is 19.8 Å². The van der Waals surface area contributed by atoms with E-state index in [1.54, 1.807) is 12.4 Å². The summed E-state index contributed by atoms with van der Waals surface area (Å²) in [4.78, 5) is 10.7. The van der Waals surface area contributed by atoms with Gasteiger partial charge in [0.1, 0.15) is 6.33 Å². The van der Waals surface area contributed by atoms with Gasteiger partial charge < -0.3 is 9.47 Å². The van der Waals surface area contributed by atoms with Crippen molar-refractivity contribution in [1.29, 1.82) is 0 Å². The Morgan fingerprint density at radius 1 is 1.36 bits per heavy atom. The minimum Gasteiger partial charge on any atom is -0.494 e. The fourth-order valence-electron chi connectivity index (χ4n) is 3.13. The van der Waals surface area contributed by atoms with Gasteiger partial charge in [-0.05, 0) is 31.9 Å². The molecule has 5 nitrogen and oxygen atoms in total. The average molecular weight is 345 g/mol. The van der Waals surface area contributed by atoms with Crippen molar-refractivity contribution in [1.82, 2.24) is 14.9 Å². The third-order valence-electron chi connectivity index (χ3n) is 4.46. The second-order valence-corrected chi connectivity index (χ2v) is 6.35. The molecule has 3 rings (SSSR count). The van der Waals surface area contributed by atoms with Crippen molar-refractivity contribution in [3.63, 3.8) is 0 Å². The highest BCUT2D eigenvalue weighted by atomic mass is 19.1. The van der Waals surface area contributed by atoms with Gasteiger partial charge in [-0.1, -0.05) is 12.1 Å². The number of rotatable bonds is 6. The molecule has 25 heavy (non-hydrogen) atoms. The van der Waals surface area contributed by atoms with Crippen molar-refractivity contribution >= 4 is 0 Å². The van der Waals surface area contributed by atoms with E-state index in [-0.39, 0.29) is 11.9 Å². The lowest BCUT2D eigenvalue weighted by molar-refractivity contribution is -0.0349. The fourth-order valence-corrected chi connectivity index (χ4v) is 3.13. The first-order valence-electron chi connectivity index (χ1n) is 8.58. The molecule has 0 amide bonds. The zero-order chi connectivity index (χ0) is 17.6. The van der Waals surface area contributed by atoms with Crippen LogP contribution in [0, 0.1) is 12.7 Å². The van der Waals surface area contributed by atoms with Gasteiger partial charge in [-0.3, -0.25) is 4.90 Å². The van der Waals surface area contributed by atoms with Crippen LogP contribution in [0.4, 0.5) is 4.39 Å². The number of hydrogen-bond donors (Lipinski definition) is 0. The first-order chi connectivity index (χ1) is 12.2. The fraction of sp³-hybridized carbons (Fsp3) is 0.474. The molecule has 1 aromatic heterocycles. The third kappa shape index (κ3) is 4.74. The molecule has 1 fully saturated rings. The summed E-state index contributed by atoms with van der Waals surface area (Å²) in [5.41, 5.74) is 2.67. The van der Waals surface area contributed by atoms with E-state index in [1.807, 2.05) is 25.1 Å².